The molecule has 1 amide bonds. The van der Waals surface area contributed by atoms with Gasteiger partial charge in [-0.3, -0.25) is 9.69 Å². The lowest BCUT2D eigenvalue weighted by atomic mass is 10.00. The highest BCUT2D eigenvalue weighted by Gasteiger charge is 2.27. The first-order valence-corrected chi connectivity index (χ1v) is 9.74. The van der Waals surface area contributed by atoms with E-state index in [2.05, 4.69) is 47.9 Å². The number of hydrogen-bond acceptors (Lipinski definition) is 2. The molecule has 1 aromatic rings. The summed E-state index contributed by atoms with van der Waals surface area (Å²) < 4.78 is 0. The fourth-order valence-corrected chi connectivity index (χ4v) is 4.08. The molecule has 24 heavy (non-hydrogen) atoms. The van der Waals surface area contributed by atoms with E-state index in [9.17, 15) is 4.79 Å². The molecule has 0 radical (unpaired) electrons. The Morgan fingerprint density at radius 3 is 2.25 bits per heavy atom. The lowest BCUT2D eigenvalue weighted by Gasteiger charge is -2.38. The van der Waals surface area contributed by atoms with Crippen LogP contribution in [0.4, 0.5) is 0 Å². The predicted molar refractivity (Wildman–Crippen MR) is 99.3 cm³/mol. The van der Waals surface area contributed by atoms with Gasteiger partial charge in [0.15, 0.2) is 0 Å². The third kappa shape index (κ3) is 4.38. The average molecular weight is 329 g/mol. The molecule has 3 heteroatoms. The standard InChI is InChI=1S/C21H32N2O/c1-17(2)19-10-7-18(8-11-19)9-12-21(24)23-15-13-22(14-16-23)20-5-3-4-6-20/h7-8,10-11,17,20H,3-6,9,12-16H2,1-2H3. The molecule has 0 aromatic heterocycles. The minimum absolute atomic E-state index is 0.328. The average Bonchev–Trinajstić information content (AvgIpc) is 3.15. The zero-order valence-electron chi connectivity index (χ0n) is 15.3. The molecule has 3 nitrogen and oxygen atoms in total. The van der Waals surface area contributed by atoms with Crippen LogP contribution in [0, 0.1) is 0 Å². The zero-order chi connectivity index (χ0) is 16.9. The number of carbonyl (C=O) groups is 1. The van der Waals surface area contributed by atoms with E-state index >= 15 is 0 Å². The predicted octanol–water partition coefficient (Wildman–Crippen LogP) is 3.83. The van der Waals surface area contributed by atoms with Crippen molar-refractivity contribution in [1.82, 2.24) is 9.80 Å². The first-order chi connectivity index (χ1) is 11.6. The Kier molecular flexibility index (Phi) is 5.94. The van der Waals surface area contributed by atoms with Crippen LogP contribution in [0.3, 0.4) is 0 Å². The van der Waals surface area contributed by atoms with Gasteiger partial charge < -0.3 is 4.90 Å². The van der Waals surface area contributed by atoms with E-state index in [-0.39, 0.29) is 0 Å². The van der Waals surface area contributed by atoms with Gasteiger partial charge in [-0.25, -0.2) is 0 Å². The Morgan fingerprint density at radius 1 is 1.04 bits per heavy atom. The van der Waals surface area contributed by atoms with Crippen molar-refractivity contribution >= 4 is 5.91 Å². The molecule has 2 fully saturated rings. The summed E-state index contributed by atoms with van der Waals surface area (Å²) in [6.45, 7) is 8.40. The molecule has 1 saturated carbocycles. The summed E-state index contributed by atoms with van der Waals surface area (Å²) in [5.74, 6) is 0.894. The summed E-state index contributed by atoms with van der Waals surface area (Å²) in [5, 5.41) is 0. The molecule has 0 spiro atoms. The fourth-order valence-electron chi connectivity index (χ4n) is 4.08. The van der Waals surface area contributed by atoms with Gasteiger partial charge in [-0.15, -0.1) is 0 Å². The molecule has 1 aromatic carbocycles. The summed E-state index contributed by atoms with van der Waals surface area (Å²) in [5.41, 5.74) is 2.64. The molecule has 1 aliphatic carbocycles. The van der Waals surface area contributed by atoms with Crippen molar-refractivity contribution in [3.8, 4) is 0 Å². The second kappa shape index (κ2) is 8.15. The highest BCUT2D eigenvalue weighted by atomic mass is 16.2. The number of amides is 1. The van der Waals surface area contributed by atoms with Crippen molar-refractivity contribution in [1.29, 1.82) is 0 Å². The van der Waals surface area contributed by atoms with Crippen LogP contribution < -0.4 is 0 Å². The Balaban J connectivity index is 1.42. The number of aryl methyl sites for hydroxylation is 1. The molecular weight excluding hydrogens is 296 g/mol. The molecule has 0 bridgehead atoms. The van der Waals surface area contributed by atoms with Crippen LogP contribution in [0.25, 0.3) is 0 Å². The summed E-state index contributed by atoms with van der Waals surface area (Å²) >= 11 is 0. The lowest BCUT2D eigenvalue weighted by Crippen LogP contribution is -2.51. The minimum atomic E-state index is 0.328. The quantitative estimate of drug-likeness (QED) is 0.820. The first-order valence-electron chi connectivity index (χ1n) is 9.74. The van der Waals surface area contributed by atoms with Crippen molar-refractivity contribution in [3.63, 3.8) is 0 Å². The second-order valence-electron chi connectivity index (χ2n) is 7.75. The largest absolute Gasteiger partial charge is 0.340 e. The maximum Gasteiger partial charge on any atom is 0.222 e. The van der Waals surface area contributed by atoms with E-state index in [0.717, 1.165) is 38.6 Å². The van der Waals surface area contributed by atoms with Gasteiger partial charge in [0.2, 0.25) is 5.91 Å². The molecular formula is C21H32N2O. The van der Waals surface area contributed by atoms with Gasteiger partial charge in [0.1, 0.15) is 0 Å². The van der Waals surface area contributed by atoms with Crippen molar-refractivity contribution in [2.24, 2.45) is 0 Å². The fraction of sp³-hybridized carbons (Fsp3) is 0.667. The topological polar surface area (TPSA) is 23.6 Å². The van der Waals surface area contributed by atoms with Gasteiger partial charge >= 0.3 is 0 Å². The minimum Gasteiger partial charge on any atom is -0.340 e. The van der Waals surface area contributed by atoms with Gasteiger partial charge in [0.05, 0.1) is 0 Å². The summed E-state index contributed by atoms with van der Waals surface area (Å²) in [4.78, 5) is 17.2. The third-order valence-electron chi connectivity index (χ3n) is 5.78. The Morgan fingerprint density at radius 2 is 1.67 bits per heavy atom. The normalized spacial score (nSPS) is 20.0. The van der Waals surface area contributed by atoms with Gasteiger partial charge in [0.25, 0.3) is 0 Å². The molecule has 132 valence electrons. The zero-order valence-corrected chi connectivity index (χ0v) is 15.3. The summed E-state index contributed by atoms with van der Waals surface area (Å²) in [6.07, 6.45) is 7.00. The van der Waals surface area contributed by atoms with E-state index in [4.69, 9.17) is 0 Å². The van der Waals surface area contributed by atoms with Gasteiger partial charge in [-0.2, -0.15) is 0 Å². The number of benzene rings is 1. The molecule has 0 unspecified atom stereocenters. The highest BCUT2D eigenvalue weighted by Crippen LogP contribution is 2.24. The molecule has 1 aliphatic heterocycles. The Hall–Kier alpha value is -1.35. The van der Waals surface area contributed by atoms with Crippen LogP contribution >= 0.6 is 0 Å². The maximum atomic E-state index is 12.5. The first kappa shape index (κ1) is 17.5. The number of piperazine rings is 1. The Bertz CT molecular complexity index is 523. The van der Waals surface area contributed by atoms with Crippen molar-refractivity contribution in [2.75, 3.05) is 26.2 Å². The van der Waals surface area contributed by atoms with Crippen LogP contribution in [-0.2, 0) is 11.2 Å². The van der Waals surface area contributed by atoms with E-state index in [1.807, 2.05) is 0 Å². The molecule has 0 atom stereocenters. The van der Waals surface area contributed by atoms with Crippen molar-refractivity contribution in [2.45, 2.75) is 64.3 Å². The second-order valence-corrected chi connectivity index (χ2v) is 7.75. The number of hydrogen-bond donors (Lipinski definition) is 0. The molecule has 1 saturated heterocycles. The van der Waals surface area contributed by atoms with Crippen LogP contribution in [0.15, 0.2) is 24.3 Å². The van der Waals surface area contributed by atoms with Crippen LogP contribution in [0.1, 0.15) is 63.0 Å². The van der Waals surface area contributed by atoms with E-state index in [1.165, 1.54) is 36.8 Å². The van der Waals surface area contributed by atoms with E-state index in [0.29, 0.717) is 18.2 Å². The van der Waals surface area contributed by atoms with Gasteiger partial charge in [-0.1, -0.05) is 51.0 Å². The van der Waals surface area contributed by atoms with Crippen LogP contribution in [0.2, 0.25) is 0 Å². The van der Waals surface area contributed by atoms with Gasteiger partial charge in [-0.05, 0) is 36.3 Å². The monoisotopic (exact) mass is 328 g/mol. The van der Waals surface area contributed by atoms with Gasteiger partial charge in [0, 0.05) is 38.6 Å². The Labute approximate surface area is 147 Å². The third-order valence-corrected chi connectivity index (χ3v) is 5.78. The summed E-state index contributed by atoms with van der Waals surface area (Å²) in [7, 11) is 0. The lowest BCUT2D eigenvalue weighted by molar-refractivity contribution is -0.133. The molecule has 2 aliphatic rings. The van der Waals surface area contributed by atoms with Crippen molar-refractivity contribution < 1.29 is 4.79 Å². The number of carbonyl (C=O) groups excluding carboxylic acids is 1. The molecule has 0 N–H and O–H groups in total. The molecule has 3 rings (SSSR count). The van der Waals surface area contributed by atoms with Crippen molar-refractivity contribution in [3.05, 3.63) is 35.4 Å². The molecule has 1 heterocycles. The SMILES string of the molecule is CC(C)c1ccc(CCC(=O)N2CCN(C3CCCC3)CC2)cc1. The van der Waals surface area contributed by atoms with E-state index < -0.39 is 0 Å². The maximum absolute atomic E-state index is 12.5. The van der Waals surface area contributed by atoms with Crippen LogP contribution in [0.5, 0.6) is 0 Å². The van der Waals surface area contributed by atoms with E-state index in [1.54, 1.807) is 0 Å². The number of nitrogens with zero attached hydrogens (tertiary/aromatic N) is 2. The smallest absolute Gasteiger partial charge is 0.222 e. The van der Waals surface area contributed by atoms with Crippen LogP contribution in [-0.4, -0.2) is 47.9 Å². The number of rotatable bonds is 5. The summed E-state index contributed by atoms with van der Waals surface area (Å²) in [6, 6.07) is 9.55. The highest BCUT2D eigenvalue weighted by molar-refractivity contribution is 5.76.